The average Bonchev–Trinajstić information content (AvgIpc) is 2.35. The highest BCUT2D eigenvalue weighted by Gasteiger charge is 2.06. The number of aliphatic hydroxyl groups is 1. The van der Waals surface area contributed by atoms with Crippen molar-refractivity contribution in [2.24, 2.45) is 0 Å². The summed E-state index contributed by atoms with van der Waals surface area (Å²) in [6.07, 6.45) is 0.444. The van der Waals surface area contributed by atoms with Crippen LogP contribution in [0.1, 0.15) is 36.2 Å². The highest BCUT2D eigenvalue weighted by molar-refractivity contribution is 5.93. The number of hydrogen-bond donors (Lipinski definition) is 3. The molecule has 0 aliphatic heterocycles. The topological polar surface area (TPSA) is 61.4 Å². The lowest BCUT2D eigenvalue weighted by molar-refractivity contribution is 0.0963. The van der Waals surface area contributed by atoms with E-state index in [2.05, 4.69) is 10.6 Å². The van der Waals surface area contributed by atoms with E-state index in [1.54, 1.807) is 14.0 Å². The molecule has 0 bridgehead atoms. The van der Waals surface area contributed by atoms with Gasteiger partial charge in [0, 0.05) is 25.2 Å². The highest BCUT2D eigenvalue weighted by Crippen LogP contribution is 2.05. The molecule has 0 aromatic heterocycles. The SMILES string of the molecule is CNC(=O)c1ccc(CNC(C)CC(C)O)cc1. The van der Waals surface area contributed by atoms with Crippen molar-refractivity contribution in [2.75, 3.05) is 7.05 Å². The number of nitrogens with one attached hydrogen (secondary N) is 2. The molecular formula is C14H22N2O2. The summed E-state index contributed by atoms with van der Waals surface area (Å²) in [6, 6.07) is 7.77. The summed E-state index contributed by atoms with van der Waals surface area (Å²) >= 11 is 0. The Balaban J connectivity index is 2.46. The third-order valence-corrected chi connectivity index (χ3v) is 2.79. The van der Waals surface area contributed by atoms with Gasteiger partial charge in [0.15, 0.2) is 0 Å². The van der Waals surface area contributed by atoms with Gasteiger partial charge in [-0.2, -0.15) is 0 Å². The van der Waals surface area contributed by atoms with Gasteiger partial charge in [-0.15, -0.1) is 0 Å². The molecule has 0 fully saturated rings. The smallest absolute Gasteiger partial charge is 0.251 e. The Bertz CT molecular complexity index is 374. The van der Waals surface area contributed by atoms with Crippen molar-refractivity contribution in [3.63, 3.8) is 0 Å². The van der Waals surface area contributed by atoms with Gasteiger partial charge >= 0.3 is 0 Å². The number of hydrogen-bond acceptors (Lipinski definition) is 3. The fourth-order valence-corrected chi connectivity index (χ4v) is 1.81. The Labute approximate surface area is 108 Å². The molecule has 1 rings (SSSR count). The lowest BCUT2D eigenvalue weighted by Gasteiger charge is -2.15. The van der Waals surface area contributed by atoms with Gasteiger partial charge in [-0.1, -0.05) is 12.1 Å². The molecule has 1 amide bonds. The molecule has 18 heavy (non-hydrogen) atoms. The van der Waals surface area contributed by atoms with E-state index in [0.717, 1.165) is 18.5 Å². The zero-order valence-electron chi connectivity index (χ0n) is 11.2. The summed E-state index contributed by atoms with van der Waals surface area (Å²) in [4.78, 5) is 11.4. The van der Waals surface area contributed by atoms with Gasteiger partial charge in [0.05, 0.1) is 6.10 Å². The van der Waals surface area contributed by atoms with E-state index in [-0.39, 0.29) is 18.1 Å². The van der Waals surface area contributed by atoms with Crippen molar-refractivity contribution >= 4 is 5.91 Å². The molecule has 4 nitrogen and oxygen atoms in total. The molecule has 0 radical (unpaired) electrons. The van der Waals surface area contributed by atoms with Gasteiger partial charge in [-0.3, -0.25) is 4.79 Å². The van der Waals surface area contributed by atoms with E-state index >= 15 is 0 Å². The molecule has 0 saturated carbocycles. The maximum absolute atomic E-state index is 11.4. The van der Waals surface area contributed by atoms with Crippen molar-refractivity contribution in [2.45, 2.75) is 39.0 Å². The van der Waals surface area contributed by atoms with E-state index in [1.807, 2.05) is 31.2 Å². The van der Waals surface area contributed by atoms with Gasteiger partial charge in [-0.05, 0) is 38.0 Å². The summed E-state index contributed by atoms with van der Waals surface area (Å²) in [5.74, 6) is -0.0722. The summed E-state index contributed by atoms with van der Waals surface area (Å²) in [5.41, 5.74) is 1.79. The molecule has 2 atom stereocenters. The van der Waals surface area contributed by atoms with E-state index in [9.17, 15) is 9.90 Å². The molecule has 1 aromatic rings. The van der Waals surface area contributed by atoms with E-state index in [1.165, 1.54) is 0 Å². The van der Waals surface area contributed by atoms with Crippen molar-refractivity contribution in [1.82, 2.24) is 10.6 Å². The molecule has 0 aliphatic carbocycles. The summed E-state index contributed by atoms with van der Waals surface area (Å²) < 4.78 is 0. The first-order valence-electron chi connectivity index (χ1n) is 6.25. The van der Waals surface area contributed by atoms with Crippen LogP contribution in [0, 0.1) is 0 Å². The molecule has 0 heterocycles. The third-order valence-electron chi connectivity index (χ3n) is 2.79. The Kier molecular flexibility index (Phi) is 5.82. The summed E-state index contributed by atoms with van der Waals surface area (Å²) in [7, 11) is 1.62. The minimum absolute atomic E-state index is 0.0722. The lowest BCUT2D eigenvalue weighted by atomic mass is 10.1. The standard InChI is InChI=1S/C14H22N2O2/c1-10(8-11(2)17)16-9-12-4-6-13(7-5-12)14(18)15-3/h4-7,10-11,16-17H,8-9H2,1-3H3,(H,15,18). The zero-order valence-corrected chi connectivity index (χ0v) is 11.2. The quantitative estimate of drug-likeness (QED) is 0.713. The average molecular weight is 250 g/mol. The Morgan fingerprint density at radius 2 is 1.89 bits per heavy atom. The Morgan fingerprint density at radius 3 is 2.39 bits per heavy atom. The second kappa shape index (κ2) is 7.13. The number of carbonyl (C=O) groups is 1. The largest absolute Gasteiger partial charge is 0.393 e. The van der Waals surface area contributed by atoms with Gasteiger partial charge in [0.25, 0.3) is 5.91 Å². The lowest BCUT2D eigenvalue weighted by Crippen LogP contribution is -2.28. The first kappa shape index (κ1) is 14.7. The van der Waals surface area contributed by atoms with E-state index < -0.39 is 0 Å². The monoisotopic (exact) mass is 250 g/mol. The van der Waals surface area contributed by atoms with Gasteiger partial charge in [0.2, 0.25) is 0 Å². The van der Waals surface area contributed by atoms with Crippen LogP contribution < -0.4 is 10.6 Å². The van der Waals surface area contributed by atoms with Gasteiger partial charge in [0.1, 0.15) is 0 Å². The van der Waals surface area contributed by atoms with Crippen LogP contribution in [0.2, 0.25) is 0 Å². The Morgan fingerprint density at radius 1 is 1.28 bits per heavy atom. The number of rotatable bonds is 6. The van der Waals surface area contributed by atoms with Crippen LogP contribution in [-0.2, 0) is 6.54 Å². The van der Waals surface area contributed by atoms with Crippen LogP contribution in [0.3, 0.4) is 0 Å². The molecule has 0 aliphatic rings. The minimum Gasteiger partial charge on any atom is -0.393 e. The molecule has 1 aromatic carbocycles. The van der Waals surface area contributed by atoms with E-state index in [4.69, 9.17) is 0 Å². The number of carbonyl (C=O) groups excluding carboxylic acids is 1. The van der Waals surface area contributed by atoms with Crippen LogP contribution in [0.25, 0.3) is 0 Å². The van der Waals surface area contributed by atoms with Gasteiger partial charge in [-0.25, -0.2) is 0 Å². The molecule has 2 unspecified atom stereocenters. The highest BCUT2D eigenvalue weighted by atomic mass is 16.3. The zero-order chi connectivity index (χ0) is 13.5. The first-order chi connectivity index (χ1) is 8.52. The maximum atomic E-state index is 11.4. The molecular weight excluding hydrogens is 228 g/mol. The number of benzene rings is 1. The fraction of sp³-hybridized carbons (Fsp3) is 0.500. The second-order valence-electron chi connectivity index (χ2n) is 4.64. The maximum Gasteiger partial charge on any atom is 0.251 e. The minimum atomic E-state index is -0.289. The van der Waals surface area contributed by atoms with Crippen LogP contribution in [-0.4, -0.2) is 30.2 Å². The van der Waals surface area contributed by atoms with Crippen LogP contribution in [0.4, 0.5) is 0 Å². The van der Waals surface area contributed by atoms with Crippen molar-refractivity contribution in [1.29, 1.82) is 0 Å². The normalized spacial score (nSPS) is 14.0. The van der Waals surface area contributed by atoms with Crippen molar-refractivity contribution < 1.29 is 9.90 Å². The summed E-state index contributed by atoms with van der Waals surface area (Å²) in [5, 5.41) is 15.2. The summed E-state index contributed by atoms with van der Waals surface area (Å²) in [6.45, 7) is 4.57. The molecule has 0 spiro atoms. The van der Waals surface area contributed by atoms with Crippen LogP contribution in [0.15, 0.2) is 24.3 Å². The van der Waals surface area contributed by atoms with E-state index in [0.29, 0.717) is 5.56 Å². The molecule has 100 valence electrons. The first-order valence-corrected chi connectivity index (χ1v) is 6.25. The predicted octanol–water partition coefficient (Wildman–Crippen LogP) is 1.30. The molecule has 0 saturated heterocycles. The molecule has 4 heteroatoms. The van der Waals surface area contributed by atoms with Crippen molar-refractivity contribution in [3.05, 3.63) is 35.4 Å². The second-order valence-corrected chi connectivity index (χ2v) is 4.64. The number of aliphatic hydroxyl groups excluding tert-OH is 1. The number of amides is 1. The van der Waals surface area contributed by atoms with Crippen LogP contribution in [0.5, 0.6) is 0 Å². The Hall–Kier alpha value is -1.39. The fourth-order valence-electron chi connectivity index (χ4n) is 1.81. The third kappa shape index (κ3) is 4.85. The van der Waals surface area contributed by atoms with Gasteiger partial charge < -0.3 is 15.7 Å². The predicted molar refractivity (Wildman–Crippen MR) is 72.4 cm³/mol. The van der Waals surface area contributed by atoms with Crippen molar-refractivity contribution in [3.8, 4) is 0 Å². The van der Waals surface area contributed by atoms with Crippen LogP contribution >= 0.6 is 0 Å². The molecule has 3 N–H and O–H groups in total.